The van der Waals surface area contributed by atoms with Crippen molar-refractivity contribution in [2.24, 2.45) is 4.99 Å². The third-order valence-corrected chi connectivity index (χ3v) is 3.40. The quantitative estimate of drug-likeness (QED) is 0.214. The first-order valence-electron chi connectivity index (χ1n) is 8.18. The van der Waals surface area contributed by atoms with Crippen molar-refractivity contribution in [1.82, 2.24) is 15.5 Å². The third kappa shape index (κ3) is 10.2. The van der Waals surface area contributed by atoms with E-state index < -0.39 is 18.3 Å². The Balaban J connectivity index is 0.00000625. The second kappa shape index (κ2) is 11.7. The lowest BCUT2D eigenvalue weighted by Crippen LogP contribution is -2.40. The van der Waals surface area contributed by atoms with Crippen LogP contribution in [0.15, 0.2) is 27.8 Å². The molecule has 0 saturated heterocycles. The maximum atomic E-state index is 12.3. The number of halogens is 4. The second-order valence-electron chi connectivity index (χ2n) is 6.08. The number of rotatable bonds is 9. The van der Waals surface area contributed by atoms with Gasteiger partial charge >= 0.3 is 6.18 Å². The van der Waals surface area contributed by atoms with Gasteiger partial charge in [0.2, 0.25) is 0 Å². The maximum absolute atomic E-state index is 12.3. The summed E-state index contributed by atoms with van der Waals surface area (Å²) in [6.07, 6.45) is -2.17. The van der Waals surface area contributed by atoms with Crippen LogP contribution in [-0.2, 0) is 5.60 Å². The minimum absolute atomic E-state index is 0. The zero-order valence-electron chi connectivity index (χ0n) is 15.3. The highest BCUT2D eigenvalue weighted by Crippen LogP contribution is 2.21. The van der Waals surface area contributed by atoms with Crippen molar-refractivity contribution >= 4 is 29.9 Å². The van der Waals surface area contributed by atoms with E-state index in [1.807, 2.05) is 6.92 Å². The van der Waals surface area contributed by atoms with Crippen LogP contribution < -0.4 is 10.6 Å². The molecule has 0 bridgehead atoms. The molecule has 0 aliphatic carbocycles. The molecule has 26 heavy (non-hydrogen) atoms. The largest absolute Gasteiger partial charge is 0.466 e. The zero-order valence-corrected chi connectivity index (χ0v) is 17.6. The lowest BCUT2D eigenvalue weighted by Gasteiger charge is -2.20. The summed E-state index contributed by atoms with van der Waals surface area (Å²) in [7, 11) is 1.44. The van der Waals surface area contributed by atoms with Crippen LogP contribution in [0.5, 0.6) is 0 Å². The standard InChI is InChI=1S/C16H27F3N4O2.HI/c1-4-20-14(21-8-6-9-23(3)12-16(17,18)19)22-11-15(2,24)13-7-5-10-25-13;/h5,7,10,24H,4,6,8-9,11-12H2,1-3H3,(H2,20,21,22);1H. The summed E-state index contributed by atoms with van der Waals surface area (Å²) in [5.41, 5.74) is -1.24. The lowest BCUT2D eigenvalue weighted by atomic mass is 10.0. The molecule has 0 spiro atoms. The number of nitrogens with one attached hydrogen (secondary N) is 2. The molecular weight excluding hydrogens is 464 g/mol. The average Bonchev–Trinajstić information content (AvgIpc) is 3.02. The van der Waals surface area contributed by atoms with E-state index in [1.165, 1.54) is 18.2 Å². The van der Waals surface area contributed by atoms with Gasteiger partial charge in [0.05, 0.1) is 19.4 Å². The Labute approximate surface area is 169 Å². The second-order valence-corrected chi connectivity index (χ2v) is 6.08. The molecule has 0 fully saturated rings. The molecule has 1 heterocycles. The number of aliphatic hydroxyl groups is 1. The molecule has 3 N–H and O–H groups in total. The normalized spacial score (nSPS) is 14.7. The number of hydrogen-bond donors (Lipinski definition) is 3. The predicted octanol–water partition coefficient (Wildman–Crippen LogP) is 2.54. The minimum atomic E-state index is -4.18. The fourth-order valence-corrected chi connectivity index (χ4v) is 2.18. The van der Waals surface area contributed by atoms with Gasteiger partial charge in [0.15, 0.2) is 5.96 Å². The molecule has 0 saturated carbocycles. The molecule has 0 radical (unpaired) electrons. The summed E-state index contributed by atoms with van der Waals surface area (Å²) < 4.78 is 42.0. The van der Waals surface area contributed by atoms with Gasteiger partial charge < -0.3 is 20.2 Å². The molecule has 1 aromatic heterocycles. The van der Waals surface area contributed by atoms with Gasteiger partial charge in [0.25, 0.3) is 0 Å². The van der Waals surface area contributed by atoms with Crippen molar-refractivity contribution in [1.29, 1.82) is 0 Å². The van der Waals surface area contributed by atoms with Crippen LogP contribution in [0, 0.1) is 0 Å². The molecule has 1 aromatic rings. The SMILES string of the molecule is CCNC(=NCC(C)(O)c1ccco1)NCCCN(C)CC(F)(F)F.I. The molecule has 152 valence electrons. The van der Waals surface area contributed by atoms with E-state index in [4.69, 9.17) is 4.42 Å². The molecule has 0 amide bonds. The molecule has 1 rings (SSSR count). The molecule has 1 atom stereocenters. The van der Waals surface area contributed by atoms with Gasteiger partial charge in [-0.15, -0.1) is 24.0 Å². The Morgan fingerprint density at radius 2 is 2.04 bits per heavy atom. The topological polar surface area (TPSA) is 73.0 Å². The first-order chi connectivity index (χ1) is 11.6. The smallest absolute Gasteiger partial charge is 0.401 e. The summed E-state index contributed by atoms with van der Waals surface area (Å²) >= 11 is 0. The molecule has 0 aromatic carbocycles. The number of nitrogens with zero attached hydrogens (tertiary/aromatic N) is 2. The van der Waals surface area contributed by atoms with E-state index in [9.17, 15) is 18.3 Å². The van der Waals surface area contributed by atoms with Gasteiger partial charge in [-0.2, -0.15) is 13.2 Å². The van der Waals surface area contributed by atoms with Gasteiger partial charge in [-0.05, 0) is 46.0 Å². The number of aliphatic imine (C=N–C) groups is 1. The van der Waals surface area contributed by atoms with Crippen LogP contribution >= 0.6 is 24.0 Å². The van der Waals surface area contributed by atoms with E-state index in [0.29, 0.717) is 37.8 Å². The van der Waals surface area contributed by atoms with Crippen LogP contribution in [0.25, 0.3) is 0 Å². The van der Waals surface area contributed by atoms with E-state index in [0.717, 1.165) is 0 Å². The van der Waals surface area contributed by atoms with Crippen molar-refractivity contribution in [3.8, 4) is 0 Å². The van der Waals surface area contributed by atoms with Crippen LogP contribution in [0.4, 0.5) is 13.2 Å². The summed E-state index contributed by atoms with van der Waals surface area (Å²) in [5, 5.41) is 16.5. The summed E-state index contributed by atoms with van der Waals surface area (Å²) in [5.74, 6) is 0.911. The highest BCUT2D eigenvalue weighted by atomic mass is 127. The zero-order chi connectivity index (χ0) is 18.9. The Morgan fingerprint density at radius 3 is 2.58 bits per heavy atom. The Hall–Kier alpha value is -1.01. The van der Waals surface area contributed by atoms with Crippen molar-refractivity contribution in [3.63, 3.8) is 0 Å². The Bertz CT molecular complexity index is 522. The fraction of sp³-hybridized carbons (Fsp3) is 0.688. The van der Waals surface area contributed by atoms with Crippen LogP contribution in [0.2, 0.25) is 0 Å². The van der Waals surface area contributed by atoms with Crippen LogP contribution in [0.1, 0.15) is 26.0 Å². The maximum Gasteiger partial charge on any atom is 0.401 e. The van der Waals surface area contributed by atoms with Gasteiger partial charge in [-0.25, -0.2) is 4.99 Å². The lowest BCUT2D eigenvalue weighted by molar-refractivity contribution is -0.143. The summed E-state index contributed by atoms with van der Waals surface area (Å²) in [6.45, 7) is 4.08. The van der Waals surface area contributed by atoms with Crippen LogP contribution in [-0.4, -0.2) is 61.9 Å². The highest BCUT2D eigenvalue weighted by molar-refractivity contribution is 14.0. The number of guanidine groups is 1. The van der Waals surface area contributed by atoms with Gasteiger partial charge in [0, 0.05) is 13.1 Å². The predicted molar refractivity (Wildman–Crippen MR) is 106 cm³/mol. The Kier molecular flexibility index (Phi) is 11.2. The van der Waals surface area contributed by atoms with Crippen LogP contribution in [0.3, 0.4) is 0 Å². The van der Waals surface area contributed by atoms with E-state index >= 15 is 0 Å². The molecule has 10 heteroatoms. The van der Waals surface area contributed by atoms with E-state index in [2.05, 4.69) is 15.6 Å². The number of alkyl halides is 3. The van der Waals surface area contributed by atoms with Crippen molar-refractivity contribution in [2.45, 2.75) is 32.0 Å². The third-order valence-electron chi connectivity index (χ3n) is 3.40. The van der Waals surface area contributed by atoms with Gasteiger partial charge in [-0.3, -0.25) is 4.90 Å². The van der Waals surface area contributed by atoms with Crippen molar-refractivity contribution in [2.75, 3.05) is 39.8 Å². The van der Waals surface area contributed by atoms with Crippen molar-refractivity contribution in [3.05, 3.63) is 24.2 Å². The number of furan rings is 1. The monoisotopic (exact) mass is 492 g/mol. The Morgan fingerprint density at radius 1 is 1.35 bits per heavy atom. The fourth-order valence-electron chi connectivity index (χ4n) is 2.18. The number of hydrogen-bond acceptors (Lipinski definition) is 4. The minimum Gasteiger partial charge on any atom is -0.466 e. The molecule has 6 nitrogen and oxygen atoms in total. The van der Waals surface area contributed by atoms with E-state index in [-0.39, 0.29) is 30.5 Å². The average molecular weight is 492 g/mol. The van der Waals surface area contributed by atoms with Gasteiger partial charge in [-0.1, -0.05) is 0 Å². The van der Waals surface area contributed by atoms with Crippen molar-refractivity contribution < 1.29 is 22.7 Å². The first kappa shape index (κ1) is 25.0. The molecule has 0 aliphatic rings. The van der Waals surface area contributed by atoms with E-state index in [1.54, 1.807) is 19.1 Å². The molecule has 1 unspecified atom stereocenters. The summed E-state index contributed by atoms with van der Waals surface area (Å²) in [6, 6.07) is 3.36. The molecule has 0 aliphatic heterocycles. The van der Waals surface area contributed by atoms with Gasteiger partial charge in [0.1, 0.15) is 11.4 Å². The summed E-state index contributed by atoms with van der Waals surface area (Å²) in [4.78, 5) is 5.54. The molecular formula is C16H28F3IN4O2. The highest BCUT2D eigenvalue weighted by Gasteiger charge is 2.29. The first-order valence-corrected chi connectivity index (χ1v) is 8.18.